The highest BCUT2D eigenvalue weighted by atomic mass is 16.5. The van der Waals surface area contributed by atoms with Gasteiger partial charge >= 0.3 is 5.97 Å². The number of carbonyl (C=O) groups excluding carboxylic acids is 2. The second kappa shape index (κ2) is 12.5. The van der Waals surface area contributed by atoms with Gasteiger partial charge in [-0.05, 0) is 69.2 Å². The Morgan fingerprint density at radius 2 is 1.83 bits per heavy atom. The number of hydrogen-bond acceptors (Lipinski definition) is 8. The molecule has 10 nitrogen and oxygen atoms in total. The van der Waals surface area contributed by atoms with Gasteiger partial charge in [-0.2, -0.15) is 5.10 Å². The van der Waals surface area contributed by atoms with Gasteiger partial charge in [-0.25, -0.2) is 9.67 Å². The lowest BCUT2D eigenvalue weighted by atomic mass is 9.69. The molecule has 41 heavy (non-hydrogen) atoms. The van der Waals surface area contributed by atoms with E-state index in [0.717, 1.165) is 44.7 Å². The Morgan fingerprint density at radius 3 is 2.44 bits per heavy atom. The lowest BCUT2D eigenvalue weighted by Crippen LogP contribution is -2.49. The SMILES string of the molecule is CCOC(=O)[C@]1(c2ccc(NC(=O)c3cnn(-c4ccc(C(C)C)cn4)c3C)cn2)CC[C@H](N2CCOCC2)CC1. The molecular formula is C31H40N6O4. The number of carbonyl (C=O) groups is 2. The van der Waals surface area contributed by atoms with Gasteiger partial charge in [0.25, 0.3) is 5.91 Å². The van der Waals surface area contributed by atoms with E-state index < -0.39 is 5.41 Å². The summed E-state index contributed by atoms with van der Waals surface area (Å²) in [4.78, 5) is 38.1. The van der Waals surface area contributed by atoms with Gasteiger partial charge in [0.2, 0.25) is 0 Å². The number of nitrogens with one attached hydrogen (secondary N) is 1. The zero-order valence-corrected chi connectivity index (χ0v) is 24.4. The molecule has 1 saturated heterocycles. The van der Waals surface area contributed by atoms with Gasteiger partial charge < -0.3 is 14.8 Å². The number of ether oxygens (including phenoxy) is 2. The number of morpholine rings is 1. The van der Waals surface area contributed by atoms with Gasteiger partial charge in [0, 0.05) is 25.3 Å². The van der Waals surface area contributed by atoms with Crippen LogP contribution in [0.2, 0.25) is 0 Å². The predicted octanol–water partition coefficient (Wildman–Crippen LogP) is 4.42. The van der Waals surface area contributed by atoms with Crippen molar-refractivity contribution in [3.8, 4) is 5.82 Å². The first-order chi connectivity index (χ1) is 19.8. The minimum atomic E-state index is -0.781. The molecule has 10 heteroatoms. The maximum absolute atomic E-state index is 13.3. The van der Waals surface area contributed by atoms with Crippen LogP contribution in [0.1, 0.15) is 79.7 Å². The van der Waals surface area contributed by atoms with Crippen LogP contribution >= 0.6 is 0 Å². The van der Waals surface area contributed by atoms with Crippen LogP contribution in [0.3, 0.4) is 0 Å². The minimum Gasteiger partial charge on any atom is -0.465 e. The molecule has 1 amide bonds. The van der Waals surface area contributed by atoms with E-state index in [1.165, 1.54) is 0 Å². The number of rotatable bonds is 8. The largest absolute Gasteiger partial charge is 0.465 e. The standard InChI is InChI=1S/C31H40N6O4/c1-5-41-30(39)31(12-10-25(11-13-31)36-14-16-40-17-15-36)27-8-7-24(19-32-27)35-29(38)26-20-34-37(22(26)4)28-9-6-23(18-33-28)21(2)3/h6-9,18-21,25H,5,10-17H2,1-4H3,(H,35,38)/t25-,31+. The van der Waals surface area contributed by atoms with Gasteiger partial charge in [0.05, 0.1) is 54.9 Å². The molecule has 3 aromatic rings. The summed E-state index contributed by atoms with van der Waals surface area (Å²) in [5.74, 6) is 0.537. The van der Waals surface area contributed by atoms with Crippen LogP contribution in [-0.2, 0) is 19.7 Å². The van der Waals surface area contributed by atoms with Gasteiger partial charge in [0.1, 0.15) is 5.41 Å². The Kier molecular flexibility index (Phi) is 8.79. The fourth-order valence-corrected chi connectivity index (χ4v) is 5.91. The van der Waals surface area contributed by atoms with Crippen LogP contribution in [-0.4, -0.2) is 75.5 Å². The van der Waals surface area contributed by atoms with Crippen LogP contribution in [0.4, 0.5) is 5.69 Å². The molecule has 0 spiro atoms. The van der Waals surface area contributed by atoms with E-state index in [-0.39, 0.29) is 11.9 Å². The van der Waals surface area contributed by atoms with Gasteiger partial charge in [-0.1, -0.05) is 19.9 Å². The highest BCUT2D eigenvalue weighted by Gasteiger charge is 2.46. The van der Waals surface area contributed by atoms with Gasteiger partial charge in [0.15, 0.2) is 5.82 Å². The highest BCUT2D eigenvalue weighted by Crippen LogP contribution is 2.41. The minimum absolute atomic E-state index is 0.220. The number of esters is 1. The molecule has 4 heterocycles. The lowest BCUT2D eigenvalue weighted by molar-refractivity contribution is -0.152. The number of aromatic nitrogens is 4. The Bertz CT molecular complexity index is 1340. The first-order valence-corrected chi connectivity index (χ1v) is 14.6. The van der Waals surface area contributed by atoms with E-state index in [2.05, 4.69) is 39.1 Å². The number of anilines is 1. The molecule has 218 valence electrons. The molecule has 0 aromatic carbocycles. The third-order valence-corrected chi connectivity index (χ3v) is 8.46. The summed E-state index contributed by atoms with van der Waals surface area (Å²) >= 11 is 0. The van der Waals surface area contributed by atoms with Crippen molar-refractivity contribution < 1.29 is 19.1 Å². The second-order valence-electron chi connectivity index (χ2n) is 11.2. The van der Waals surface area contributed by atoms with Crippen molar-refractivity contribution in [2.24, 2.45) is 0 Å². The van der Waals surface area contributed by atoms with Crippen LogP contribution in [0.5, 0.6) is 0 Å². The summed E-state index contributed by atoms with van der Waals surface area (Å²) in [6.07, 6.45) is 8.16. The normalized spacial score (nSPS) is 21.5. The second-order valence-corrected chi connectivity index (χ2v) is 11.2. The molecule has 1 aliphatic carbocycles. The Morgan fingerprint density at radius 1 is 1.07 bits per heavy atom. The number of nitrogens with zero attached hydrogens (tertiary/aromatic N) is 5. The van der Waals surface area contributed by atoms with Gasteiger partial charge in [-0.3, -0.25) is 19.5 Å². The van der Waals surface area contributed by atoms with E-state index in [1.54, 1.807) is 23.1 Å². The van der Waals surface area contributed by atoms with Crippen LogP contribution < -0.4 is 5.32 Å². The summed E-state index contributed by atoms with van der Waals surface area (Å²) in [6, 6.07) is 8.03. The van der Waals surface area contributed by atoms with E-state index in [4.69, 9.17) is 9.47 Å². The first-order valence-electron chi connectivity index (χ1n) is 14.6. The lowest BCUT2D eigenvalue weighted by Gasteiger charge is -2.42. The van der Waals surface area contributed by atoms with Crippen molar-refractivity contribution in [3.63, 3.8) is 0 Å². The van der Waals surface area contributed by atoms with Crippen LogP contribution in [0.25, 0.3) is 5.82 Å². The smallest absolute Gasteiger partial charge is 0.318 e. The first kappa shape index (κ1) is 28.9. The Hall–Kier alpha value is -3.63. The fourth-order valence-electron chi connectivity index (χ4n) is 5.91. The van der Waals surface area contributed by atoms with E-state index in [1.807, 2.05) is 38.2 Å². The van der Waals surface area contributed by atoms with Crippen LogP contribution in [0.15, 0.2) is 42.9 Å². The fraction of sp³-hybridized carbons (Fsp3) is 0.516. The number of hydrogen-bond donors (Lipinski definition) is 1. The van der Waals surface area contributed by atoms with Crippen molar-refractivity contribution in [2.45, 2.75) is 70.8 Å². The van der Waals surface area contributed by atoms with Gasteiger partial charge in [-0.15, -0.1) is 0 Å². The summed E-state index contributed by atoms with van der Waals surface area (Å²) in [5, 5.41) is 7.33. The topological polar surface area (TPSA) is 111 Å². The zero-order chi connectivity index (χ0) is 29.0. The molecule has 0 unspecified atom stereocenters. The van der Waals surface area contributed by atoms with E-state index in [0.29, 0.717) is 59.9 Å². The Labute approximate surface area is 241 Å². The van der Waals surface area contributed by atoms with E-state index in [9.17, 15) is 9.59 Å². The molecular weight excluding hydrogens is 520 g/mol. The molecule has 0 radical (unpaired) electrons. The Balaban J connectivity index is 1.29. The van der Waals surface area contributed by atoms with Crippen molar-refractivity contribution in [1.82, 2.24) is 24.6 Å². The highest BCUT2D eigenvalue weighted by molar-refractivity contribution is 6.04. The molecule has 5 rings (SSSR count). The predicted molar refractivity (Wildman–Crippen MR) is 155 cm³/mol. The summed E-state index contributed by atoms with van der Waals surface area (Å²) in [5.41, 5.74) is 2.74. The number of amides is 1. The van der Waals surface area contributed by atoms with Crippen molar-refractivity contribution in [2.75, 3.05) is 38.2 Å². The molecule has 3 aromatic heterocycles. The zero-order valence-electron chi connectivity index (χ0n) is 24.4. The average molecular weight is 561 g/mol. The summed E-state index contributed by atoms with van der Waals surface area (Å²) in [7, 11) is 0. The van der Waals surface area contributed by atoms with Crippen molar-refractivity contribution in [3.05, 3.63) is 65.4 Å². The molecule has 1 N–H and O–H groups in total. The average Bonchev–Trinajstić information content (AvgIpc) is 3.39. The maximum Gasteiger partial charge on any atom is 0.318 e. The third kappa shape index (κ3) is 6.04. The molecule has 0 atom stereocenters. The molecule has 2 fully saturated rings. The van der Waals surface area contributed by atoms with E-state index >= 15 is 0 Å². The maximum atomic E-state index is 13.3. The van der Waals surface area contributed by atoms with Crippen molar-refractivity contribution >= 4 is 17.6 Å². The number of pyridine rings is 2. The summed E-state index contributed by atoms with van der Waals surface area (Å²) < 4.78 is 12.7. The summed E-state index contributed by atoms with van der Waals surface area (Å²) in [6.45, 7) is 11.6. The monoisotopic (exact) mass is 560 g/mol. The molecule has 1 saturated carbocycles. The molecule has 1 aliphatic heterocycles. The van der Waals surface area contributed by atoms with Crippen molar-refractivity contribution in [1.29, 1.82) is 0 Å². The van der Waals surface area contributed by atoms with Crippen LogP contribution in [0, 0.1) is 6.92 Å². The third-order valence-electron chi connectivity index (χ3n) is 8.46. The molecule has 0 bridgehead atoms. The molecule has 2 aliphatic rings. The quantitative estimate of drug-likeness (QED) is 0.403.